The van der Waals surface area contributed by atoms with E-state index in [2.05, 4.69) is 56.8 Å². The van der Waals surface area contributed by atoms with Crippen molar-refractivity contribution < 1.29 is 14.6 Å². The largest absolute Gasteiger partial charge is 0.385 e. The Kier molecular flexibility index (Phi) is 16.1. The van der Waals surface area contributed by atoms with Gasteiger partial charge in [0.05, 0.1) is 18.3 Å². The molecule has 2 fully saturated rings. The fraction of sp³-hybridized carbons (Fsp3) is 0.606. The van der Waals surface area contributed by atoms with Crippen molar-refractivity contribution in [2.24, 2.45) is 11.3 Å². The number of aliphatic hydroxyl groups is 1. The topological polar surface area (TPSA) is 49.8 Å². The number of hydrogen-bond donors (Lipinski definition) is 1. The molecule has 1 N–H and O–H groups in total. The molecule has 5 atom stereocenters. The lowest BCUT2D eigenvalue weighted by molar-refractivity contribution is -0.115. The van der Waals surface area contributed by atoms with Crippen molar-refractivity contribution in [1.82, 2.24) is 0 Å². The molecule has 1 aromatic carbocycles. The summed E-state index contributed by atoms with van der Waals surface area (Å²) in [7, 11) is 4.11. The first-order valence-electron chi connectivity index (χ1n) is 11.9. The molecule has 4 aliphatic rings. The van der Waals surface area contributed by atoms with E-state index in [4.69, 9.17) is 4.74 Å². The van der Waals surface area contributed by atoms with E-state index in [-0.39, 0.29) is 93.3 Å². The quantitative estimate of drug-likeness (QED) is 0.365. The van der Waals surface area contributed by atoms with Gasteiger partial charge in [-0.25, -0.2) is 0 Å². The number of fused-ring (bicyclic) bond motifs is 4. The zero-order valence-corrected chi connectivity index (χ0v) is 22.8. The predicted octanol–water partition coefficient (Wildman–Crippen LogP) is 8.35. The number of hydrogen-bond acceptors (Lipinski definition) is 4. The van der Waals surface area contributed by atoms with E-state index >= 15 is 0 Å². The van der Waals surface area contributed by atoms with Gasteiger partial charge in [0.2, 0.25) is 0 Å². The van der Waals surface area contributed by atoms with Gasteiger partial charge in [0.25, 0.3) is 0 Å². The standard InChI is InChI=1S/C28H35NO3.5CH4.2H2S/c1-17(2)28(31)13-12-24-26-25(22-11-10-21(30)14-19(22)16-32-26)23(15-27(24,28)3)18-6-8-20(9-7-18)29(4)5;;;;;;;/h6-9,14,23-24,26,31H,1,10-13,15-16H2,2-5H3;5*1H4;2*1H2/t23?,24-,26-,27-,28+;;;;;;;/m0......./s1. The zero-order valence-electron chi connectivity index (χ0n) is 20.8. The number of carbonyl (C=O) groups is 1. The minimum absolute atomic E-state index is 0. The summed E-state index contributed by atoms with van der Waals surface area (Å²) in [6.07, 6.45) is 5.72. The Morgan fingerprint density at radius 1 is 1.05 bits per heavy atom. The SMILES string of the molecule is C.C.C.C.C.C=C(C)[C@]1(O)CC[C@H]2[C@@H]3OCC4=CC(=O)CCC4=C3C(c3ccc(N(C)C)cc3)C[C@@]21C.S.S. The van der Waals surface area contributed by atoms with Gasteiger partial charge in [-0.1, -0.05) is 62.8 Å². The number of carbonyl (C=O) groups excluding carboxylic acids is 1. The number of ketones is 1. The molecule has 1 aliphatic heterocycles. The van der Waals surface area contributed by atoms with E-state index in [0.29, 0.717) is 13.0 Å². The van der Waals surface area contributed by atoms with Gasteiger partial charge in [0.15, 0.2) is 5.78 Å². The third kappa shape index (κ3) is 6.39. The van der Waals surface area contributed by atoms with Crippen LogP contribution < -0.4 is 4.90 Å². The third-order valence-electron chi connectivity index (χ3n) is 8.88. The monoisotopic (exact) mass is 581 g/mol. The first kappa shape index (κ1) is 42.0. The van der Waals surface area contributed by atoms with Crippen LogP contribution in [0.4, 0.5) is 5.69 Å². The molecule has 1 unspecified atom stereocenters. The smallest absolute Gasteiger partial charge is 0.156 e. The van der Waals surface area contributed by atoms with Crippen LogP contribution in [0.2, 0.25) is 0 Å². The van der Waals surface area contributed by atoms with Crippen LogP contribution in [-0.4, -0.2) is 43.3 Å². The van der Waals surface area contributed by atoms with Crippen molar-refractivity contribution in [3.8, 4) is 0 Å². The van der Waals surface area contributed by atoms with Crippen LogP contribution in [-0.2, 0) is 9.53 Å². The molecular weight excluding hydrogens is 523 g/mol. The number of anilines is 1. The first-order chi connectivity index (χ1) is 15.2. The predicted molar refractivity (Wildman–Crippen MR) is 182 cm³/mol. The number of benzene rings is 1. The fourth-order valence-electron chi connectivity index (χ4n) is 7.02. The second kappa shape index (κ2) is 15.0. The molecule has 3 aliphatic carbocycles. The van der Waals surface area contributed by atoms with Gasteiger partial charge in [0.1, 0.15) is 0 Å². The molecular formula is C33H59NO3S2. The summed E-state index contributed by atoms with van der Waals surface area (Å²) < 4.78 is 6.54. The van der Waals surface area contributed by atoms with Crippen molar-refractivity contribution >= 4 is 38.5 Å². The fourth-order valence-corrected chi connectivity index (χ4v) is 7.02. The van der Waals surface area contributed by atoms with Gasteiger partial charge in [-0.2, -0.15) is 27.0 Å². The Bertz CT molecular complexity index is 1050. The van der Waals surface area contributed by atoms with E-state index in [0.717, 1.165) is 36.8 Å². The molecule has 6 heteroatoms. The van der Waals surface area contributed by atoms with Crippen molar-refractivity contribution in [3.63, 3.8) is 0 Å². The van der Waals surface area contributed by atoms with Gasteiger partial charge in [-0.3, -0.25) is 4.79 Å². The average molecular weight is 582 g/mol. The highest BCUT2D eigenvalue weighted by molar-refractivity contribution is 7.59. The van der Waals surface area contributed by atoms with Gasteiger partial charge in [-0.05, 0) is 84.6 Å². The average Bonchev–Trinajstić information content (AvgIpc) is 3.04. The summed E-state index contributed by atoms with van der Waals surface area (Å²) in [5.41, 5.74) is 5.89. The minimum atomic E-state index is -0.877. The number of ether oxygens (including phenoxy) is 1. The number of nitrogens with zero attached hydrogens (tertiary/aromatic N) is 1. The summed E-state index contributed by atoms with van der Waals surface area (Å²) in [5.74, 6) is 0.618. The van der Waals surface area contributed by atoms with E-state index in [1.807, 2.05) is 6.92 Å². The van der Waals surface area contributed by atoms with Crippen LogP contribution in [0.5, 0.6) is 0 Å². The first-order valence-corrected chi connectivity index (χ1v) is 11.9. The Hall–Kier alpha value is -1.47. The van der Waals surface area contributed by atoms with Crippen molar-refractivity contribution in [1.29, 1.82) is 0 Å². The normalized spacial score (nSPS) is 29.7. The van der Waals surface area contributed by atoms with Gasteiger partial charge >= 0.3 is 0 Å². The molecule has 2 saturated carbocycles. The number of allylic oxidation sites excluding steroid dienone is 1. The molecule has 1 aromatic rings. The van der Waals surface area contributed by atoms with E-state index in [9.17, 15) is 9.90 Å². The minimum Gasteiger partial charge on any atom is -0.385 e. The van der Waals surface area contributed by atoms with Gasteiger partial charge in [-0.15, -0.1) is 0 Å². The summed E-state index contributed by atoms with van der Waals surface area (Å²) in [6, 6.07) is 8.81. The molecule has 0 radical (unpaired) electrons. The second-order valence-corrected chi connectivity index (χ2v) is 10.7. The van der Waals surface area contributed by atoms with Crippen LogP contribution in [0.3, 0.4) is 0 Å². The molecule has 0 saturated heterocycles. The van der Waals surface area contributed by atoms with Crippen LogP contribution in [0.25, 0.3) is 0 Å². The summed E-state index contributed by atoms with van der Waals surface area (Å²) >= 11 is 0. The summed E-state index contributed by atoms with van der Waals surface area (Å²) in [4.78, 5) is 14.2. The molecule has 0 bridgehead atoms. The molecule has 1 heterocycles. The van der Waals surface area contributed by atoms with Crippen LogP contribution in [0.1, 0.15) is 94.6 Å². The lowest BCUT2D eigenvalue weighted by Gasteiger charge is -2.54. The van der Waals surface area contributed by atoms with Crippen LogP contribution in [0, 0.1) is 11.3 Å². The third-order valence-corrected chi connectivity index (χ3v) is 8.88. The Morgan fingerprint density at radius 3 is 2.18 bits per heavy atom. The van der Waals surface area contributed by atoms with Crippen LogP contribution >= 0.6 is 27.0 Å². The highest BCUT2D eigenvalue weighted by Gasteiger charge is 2.63. The number of rotatable bonds is 3. The Labute approximate surface area is 254 Å². The highest BCUT2D eigenvalue weighted by atomic mass is 32.1. The maximum atomic E-state index is 12.1. The molecule has 5 rings (SSSR count). The van der Waals surface area contributed by atoms with E-state index in [1.54, 1.807) is 6.08 Å². The maximum Gasteiger partial charge on any atom is 0.156 e. The Balaban J connectivity index is -0.00000185. The lowest BCUT2D eigenvalue weighted by Crippen LogP contribution is -2.54. The van der Waals surface area contributed by atoms with E-state index in [1.165, 1.54) is 22.4 Å². The molecule has 0 aromatic heterocycles. The Morgan fingerprint density at radius 2 is 1.64 bits per heavy atom. The summed E-state index contributed by atoms with van der Waals surface area (Å²) in [5, 5.41) is 11.8. The van der Waals surface area contributed by atoms with Crippen LogP contribution in [0.15, 0.2) is 59.2 Å². The van der Waals surface area contributed by atoms with Crippen molar-refractivity contribution in [2.75, 3.05) is 25.6 Å². The highest BCUT2D eigenvalue weighted by Crippen LogP contribution is 2.65. The molecule has 4 nitrogen and oxygen atoms in total. The van der Waals surface area contributed by atoms with Gasteiger partial charge in [0, 0.05) is 37.5 Å². The summed E-state index contributed by atoms with van der Waals surface area (Å²) in [6.45, 7) is 8.92. The molecule has 0 amide bonds. The van der Waals surface area contributed by atoms with Gasteiger partial charge < -0.3 is 14.7 Å². The van der Waals surface area contributed by atoms with Crippen molar-refractivity contribution in [2.45, 2.75) is 101 Å². The molecule has 39 heavy (non-hydrogen) atoms. The van der Waals surface area contributed by atoms with Crippen molar-refractivity contribution in [3.05, 3.63) is 64.8 Å². The second-order valence-electron chi connectivity index (χ2n) is 10.7. The van der Waals surface area contributed by atoms with E-state index < -0.39 is 5.60 Å². The zero-order chi connectivity index (χ0) is 22.8. The maximum absolute atomic E-state index is 12.1. The molecule has 0 spiro atoms. The lowest BCUT2D eigenvalue weighted by atomic mass is 9.54. The molecule has 226 valence electrons.